The lowest BCUT2D eigenvalue weighted by atomic mass is 10.1. The molecule has 20 heavy (non-hydrogen) atoms. The van der Waals surface area contributed by atoms with Gasteiger partial charge in [-0.25, -0.2) is 4.98 Å². The van der Waals surface area contributed by atoms with E-state index >= 15 is 0 Å². The molecule has 0 aliphatic heterocycles. The van der Waals surface area contributed by atoms with Crippen LogP contribution in [0.5, 0.6) is 0 Å². The predicted octanol–water partition coefficient (Wildman–Crippen LogP) is 3.54. The van der Waals surface area contributed by atoms with Gasteiger partial charge >= 0.3 is 0 Å². The monoisotopic (exact) mass is 265 g/mol. The molecule has 100 valence electrons. The number of aliphatic hydroxyl groups excluding tert-OH is 1. The second-order valence-electron chi connectivity index (χ2n) is 4.49. The van der Waals surface area contributed by atoms with E-state index < -0.39 is 0 Å². The number of hydrogen-bond acceptors (Lipinski definition) is 3. The van der Waals surface area contributed by atoms with Crippen LogP contribution in [0.4, 0.5) is 0 Å². The Labute approximate surface area is 117 Å². The van der Waals surface area contributed by atoms with E-state index in [9.17, 15) is 0 Å². The lowest BCUT2D eigenvalue weighted by Gasteiger charge is -2.00. The summed E-state index contributed by atoms with van der Waals surface area (Å²) in [6.07, 6.45) is 0.423. The minimum absolute atomic E-state index is 0.0307. The SMILES string of the molecule is OCCc1nc(-c2ccccc2)c(-c2ccccc2)o1. The lowest BCUT2D eigenvalue weighted by molar-refractivity contribution is 0.285. The average Bonchev–Trinajstić information content (AvgIpc) is 2.93. The van der Waals surface area contributed by atoms with E-state index in [-0.39, 0.29) is 6.61 Å². The highest BCUT2D eigenvalue weighted by molar-refractivity contribution is 5.76. The third-order valence-electron chi connectivity index (χ3n) is 3.08. The van der Waals surface area contributed by atoms with Gasteiger partial charge in [0.05, 0.1) is 6.61 Å². The first-order chi connectivity index (χ1) is 9.88. The Bertz CT molecular complexity index is 618. The third kappa shape index (κ3) is 2.49. The predicted molar refractivity (Wildman–Crippen MR) is 78.2 cm³/mol. The van der Waals surface area contributed by atoms with Gasteiger partial charge in [0.2, 0.25) is 0 Å². The molecule has 3 nitrogen and oxygen atoms in total. The van der Waals surface area contributed by atoms with Crippen LogP contribution in [0.3, 0.4) is 0 Å². The van der Waals surface area contributed by atoms with E-state index in [2.05, 4.69) is 4.98 Å². The number of oxazole rings is 1. The topological polar surface area (TPSA) is 46.3 Å². The average molecular weight is 265 g/mol. The van der Waals surface area contributed by atoms with E-state index in [1.807, 2.05) is 60.7 Å². The molecule has 0 bridgehead atoms. The lowest BCUT2D eigenvalue weighted by Crippen LogP contribution is -1.89. The van der Waals surface area contributed by atoms with Gasteiger partial charge in [-0.05, 0) is 0 Å². The van der Waals surface area contributed by atoms with Crippen LogP contribution in [-0.2, 0) is 6.42 Å². The molecule has 2 aromatic carbocycles. The maximum Gasteiger partial charge on any atom is 0.197 e. The molecule has 0 fully saturated rings. The van der Waals surface area contributed by atoms with Crippen molar-refractivity contribution in [3.05, 3.63) is 66.6 Å². The maximum atomic E-state index is 9.06. The summed E-state index contributed by atoms with van der Waals surface area (Å²) in [5, 5.41) is 9.06. The van der Waals surface area contributed by atoms with Crippen molar-refractivity contribution in [3.63, 3.8) is 0 Å². The normalized spacial score (nSPS) is 10.7. The minimum Gasteiger partial charge on any atom is -0.440 e. The van der Waals surface area contributed by atoms with Gasteiger partial charge in [0.15, 0.2) is 11.7 Å². The van der Waals surface area contributed by atoms with Crippen LogP contribution in [0.1, 0.15) is 5.89 Å². The highest BCUT2D eigenvalue weighted by Gasteiger charge is 2.16. The molecule has 1 N–H and O–H groups in total. The first kappa shape index (κ1) is 12.6. The van der Waals surface area contributed by atoms with Crippen LogP contribution in [0.15, 0.2) is 65.1 Å². The molecule has 1 aromatic heterocycles. The maximum absolute atomic E-state index is 9.06. The fourth-order valence-electron chi connectivity index (χ4n) is 2.14. The van der Waals surface area contributed by atoms with Crippen LogP contribution in [-0.4, -0.2) is 16.7 Å². The van der Waals surface area contributed by atoms with Crippen molar-refractivity contribution in [3.8, 4) is 22.6 Å². The largest absolute Gasteiger partial charge is 0.440 e. The Morgan fingerprint density at radius 1 is 0.850 bits per heavy atom. The summed E-state index contributed by atoms with van der Waals surface area (Å²) in [7, 11) is 0. The molecule has 3 rings (SSSR count). The molecular weight excluding hydrogens is 250 g/mol. The van der Waals surface area contributed by atoms with Crippen LogP contribution < -0.4 is 0 Å². The second-order valence-corrected chi connectivity index (χ2v) is 4.49. The second kappa shape index (κ2) is 5.72. The Morgan fingerprint density at radius 2 is 1.45 bits per heavy atom. The Hall–Kier alpha value is -2.39. The van der Waals surface area contributed by atoms with Crippen LogP contribution >= 0.6 is 0 Å². The van der Waals surface area contributed by atoms with E-state index in [1.165, 1.54) is 0 Å². The Morgan fingerprint density at radius 3 is 2.05 bits per heavy atom. The van der Waals surface area contributed by atoms with E-state index in [0.717, 1.165) is 22.6 Å². The number of hydrogen-bond donors (Lipinski definition) is 1. The van der Waals surface area contributed by atoms with Crippen molar-refractivity contribution >= 4 is 0 Å². The van der Waals surface area contributed by atoms with E-state index in [0.29, 0.717) is 12.3 Å². The van der Waals surface area contributed by atoms with Gasteiger partial charge in [-0.2, -0.15) is 0 Å². The molecular formula is C17H15NO2. The van der Waals surface area contributed by atoms with Gasteiger partial charge in [-0.3, -0.25) is 0 Å². The molecule has 3 heteroatoms. The Balaban J connectivity index is 2.13. The van der Waals surface area contributed by atoms with Crippen LogP contribution in [0.2, 0.25) is 0 Å². The zero-order valence-electron chi connectivity index (χ0n) is 11.0. The van der Waals surface area contributed by atoms with Gasteiger partial charge in [-0.1, -0.05) is 60.7 Å². The number of aliphatic hydroxyl groups is 1. The smallest absolute Gasteiger partial charge is 0.197 e. The van der Waals surface area contributed by atoms with Gasteiger partial charge in [0.1, 0.15) is 5.69 Å². The number of nitrogens with zero attached hydrogens (tertiary/aromatic N) is 1. The summed E-state index contributed by atoms with van der Waals surface area (Å²) in [5.74, 6) is 1.31. The van der Waals surface area contributed by atoms with Crippen molar-refractivity contribution in [2.45, 2.75) is 6.42 Å². The van der Waals surface area contributed by atoms with Crippen molar-refractivity contribution in [2.24, 2.45) is 0 Å². The molecule has 0 radical (unpaired) electrons. The van der Waals surface area contributed by atoms with Gasteiger partial charge < -0.3 is 9.52 Å². The van der Waals surface area contributed by atoms with Gasteiger partial charge in [0.25, 0.3) is 0 Å². The quantitative estimate of drug-likeness (QED) is 0.784. The van der Waals surface area contributed by atoms with Gasteiger partial charge in [0, 0.05) is 17.5 Å². The van der Waals surface area contributed by atoms with E-state index in [1.54, 1.807) is 0 Å². The highest BCUT2D eigenvalue weighted by atomic mass is 16.4. The summed E-state index contributed by atoms with van der Waals surface area (Å²) < 4.78 is 5.82. The summed E-state index contributed by atoms with van der Waals surface area (Å²) >= 11 is 0. The molecule has 3 aromatic rings. The van der Waals surface area contributed by atoms with Gasteiger partial charge in [-0.15, -0.1) is 0 Å². The molecule has 1 heterocycles. The summed E-state index contributed by atoms with van der Waals surface area (Å²) in [5.41, 5.74) is 2.82. The molecule has 0 aliphatic rings. The van der Waals surface area contributed by atoms with Crippen LogP contribution in [0.25, 0.3) is 22.6 Å². The summed E-state index contributed by atoms with van der Waals surface area (Å²) in [4.78, 5) is 4.52. The zero-order valence-corrected chi connectivity index (χ0v) is 11.0. The molecule has 0 saturated carbocycles. The molecule has 0 spiro atoms. The number of rotatable bonds is 4. The van der Waals surface area contributed by atoms with Crippen molar-refractivity contribution < 1.29 is 9.52 Å². The highest BCUT2D eigenvalue weighted by Crippen LogP contribution is 2.32. The summed E-state index contributed by atoms with van der Waals surface area (Å²) in [6, 6.07) is 19.8. The van der Waals surface area contributed by atoms with Crippen molar-refractivity contribution in [1.82, 2.24) is 4.98 Å². The van der Waals surface area contributed by atoms with Crippen LogP contribution in [0, 0.1) is 0 Å². The van der Waals surface area contributed by atoms with Crippen molar-refractivity contribution in [2.75, 3.05) is 6.61 Å². The fraction of sp³-hybridized carbons (Fsp3) is 0.118. The van der Waals surface area contributed by atoms with E-state index in [4.69, 9.17) is 9.52 Å². The number of aromatic nitrogens is 1. The molecule has 0 atom stereocenters. The standard InChI is InChI=1S/C17H15NO2/c19-12-11-15-18-16(13-7-3-1-4-8-13)17(20-15)14-9-5-2-6-10-14/h1-10,19H,11-12H2. The molecule has 0 aliphatic carbocycles. The fourth-order valence-corrected chi connectivity index (χ4v) is 2.14. The zero-order chi connectivity index (χ0) is 13.8. The van der Waals surface area contributed by atoms with Crippen molar-refractivity contribution in [1.29, 1.82) is 0 Å². The Kier molecular flexibility index (Phi) is 3.61. The molecule has 0 amide bonds. The third-order valence-corrected chi connectivity index (χ3v) is 3.08. The minimum atomic E-state index is 0.0307. The first-order valence-electron chi connectivity index (χ1n) is 6.60. The molecule has 0 saturated heterocycles. The number of benzene rings is 2. The molecule has 0 unspecified atom stereocenters. The summed E-state index contributed by atoms with van der Waals surface area (Å²) in [6.45, 7) is 0.0307. The first-order valence-corrected chi connectivity index (χ1v) is 6.60.